The Hall–Kier alpha value is -3.39. The van der Waals surface area contributed by atoms with Crippen LogP contribution in [0.15, 0.2) is 47.8 Å². The van der Waals surface area contributed by atoms with Crippen LogP contribution in [0.5, 0.6) is 0 Å². The normalized spacial score (nSPS) is 12.8. The molecule has 0 unspecified atom stereocenters. The molecule has 1 aliphatic rings. The van der Waals surface area contributed by atoms with Gasteiger partial charge in [-0.2, -0.15) is 0 Å². The number of rotatable bonds is 5. The lowest BCUT2D eigenvalue weighted by Gasteiger charge is -2.17. The van der Waals surface area contributed by atoms with Crippen molar-refractivity contribution in [1.82, 2.24) is 4.98 Å². The van der Waals surface area contributed by atoms with Crippen molar-refractivity contribution in [2.75, 3.05) is 11.9 Å². The molecule has 4 rings (SSSR count). The maximum atomic E-state index is 13.0. The van der Waals surface area contributed by atoms with Crippen LogP contribution in [-0.4, -0.2) is 29.3 Å². The standard InChI is InChI=1S/C21H15FN2O4S/c22-15-5-1-12(2-6-15)20-24-17(11-29-20)21(27)28-10-18(25)14-3-7-16-13(9-14)4-8-19(26)23-16/h1-3,5-7,9,11H,4,8,10H2,(H,23,26). The Morgan fingerprint density at radius 2 is 1.93 bits per heavy atom. The van der Waals surface area contributed by atoms with Crippen molar-refractivity contribution >= 4 is 34.7 Å². The van der Waals surface area contributed by atoms with Crippen LogP contribution in [0.25, 0.3) is 10.6 Å². The van der Waals surface area contributed by atoms with Crippen LogP contribution < -0.4 is 5.32 Å². The number of Topliss-reactive ketones (excluding diaryl/α,β-unsaturated/α-hetero) is 1. The number of esters is 1. The molecule has 6 nitrogen and oxygen atoms in total. The summed E-state index contributed by atoms with van der Waals surface area (Å²) >= 11 is 1.23. The van der Waals surface area contributed by atoms with Crippen LogP contribution in [-0.2, 0) is 16.0 Å². The summed E-state index contributed by atoms with van der Waals surface area (Å²) in [4.78, 5) is 40.2. The van der Waals surface area contributed by atoms with Gasteiger partial charge >= 0.3 is 5.97 Å². The van der Waals surface area contributed by atoms with Gasteiger partial charge in [0.1, 0.15) is 10.8 Å². The molecule has 3 aromatic rings. The summed E-state index contributed by atoms with van der Waals surface area (Å²) in [6, 6.07) is 10.8. The molecule has 2 aromatic carbocycles. The van der Waals surface area contributed by atoms with Gasteiger partial charge in [-0.05, 0) is 54.4 Å². The topological polar surface area (TPSA) is 85.4 Å². The van der Waals surface area contributed by atoms with E-state index in [2.05, 4.69) is 10.3 Å². The first-order valence-corrected chi connectivity index (χ1v) is 9.72. The van der Waals surface area contributed by atoms with Crippen molar-refractivity contribution in [2.45, 2.75) is 12.8 Å². The van der Waals surface area contributed by atoms with E-state index in [1.807, 2.05) is 0 Å². The summed E-state index contributed by atoms with van der Waals surface area (Å²) in [5.74, 6) is -1.44. The lowest BCUT2D eigenvalue weighted by atomic mass is 9.99. The third kappa shape index (κ3) is 4.22. The van der Waals surface area contributed by atoms with Crippen molar-refractivity contribution in [1.29, 1.82) is 0 Å². The van der Waals surface area contributed by atoms with Gasteiger partial charge in [0, 0.05) is 28.6 Å². The molecule has 2 heterocycles. The van der Waals surface area contributed by atoms with Gasteiger partial charge in [0.25, 0.3) is 0 Å². The van der Waals surface area contributed by atoms with Gasteiger partial charge in [0.05, 0.1) is 0 Å². The number of amides is 1. The Morgan fingerprint density at radius 1 is 1.14 bits per heavy atom. The Labute approximate surface area is 169 Å². The number of carbonyl (C=O) groups is 3. The third-order valence-corrected chi connectivity index (χ3v) is 5.35. The van der Waals surface area contributed by atoms with Gasteiger partial charge in [0.2, 0.25) is 5.91 Å². The molecule has 0 atom stereocenters. The van der Waals surface area contributed by atoms with Crippen LogP contribution in [0.1, 0.15) is 32.8 Å². The molecule has 1 aromatic heterocycles. The molecule has 146 valence electrons. The quantitative estimate of drug-likeness (QED) is 0.510. The molecule has 1 aliphatic heterocycles. The van der Waals surface area contributed by atoms with E-state index in [-0.39, 0.29) is 23.2 Å². The van der Waals surface area contributed by atoms with E-state index >= 15 is 0 Å². The fraction of sp³-hybridized carbons (Fsp3) is 0.143. The molecule has 0 bridgehead atoms. The second-order valence-electron chi connectivity index (χ2n) is 6.46. The second kappa shape index (κ2) is 7.92. The van der Waals surface area contributed by atoms with Crippen molar-refractivity contribution in [3.63, 3.8) is 0 Å². The number of hydrogen-bond donors (Lipinski definition) is 1. The van der Waals surface area contributed by atoms with E-state index in [0.717, 1.165) is 5.56 Å². The first-order chi connectivity index (χ1) is 14.0. The minimum Gasteiger partial charge on any atom is -0.453 e. The number of fused-ring (bicyclic) bond motifs is 1. The first-order valence-electron chi connectivity index (χ1n) is 8.84. The summed E-state index contributed by atoms with van der Waals surface area (Å²) in [6.07, 6.45) is 0.937. The highest BCUT2D eigenvalue weighted by atomic mass is 32.1. The minimum atomic E-state index is -0.701. The number of nitrogens with zero attached hydrogens (tertiary/aromatic N) is 1. The van der Waals surface area contributed by atoms with Crippen molar-refractivity contribution in [2.24, 2.45) is 0 Å². The van der Waals surface area contributed by atoms with E-state index in [1.54, 1.807) is 30.3 Å². The van der Waals surface area contributed by atoms with E-state index < -0.39 is 12.6 Å². The van der Waals surface area contributed by atoms with E-state index in [1.165, 1.54) is 28.8 Å². The molecule has 1 amide bonds. The maximum absolute atomic E-state index is 13.0. The molecule has 0 fully saturated rings. The molecular formula is C21H15FN2O4S. The van der Waals surface area contributed by atoms with Crippen LogP contribution in [0.2, 0.25) is 0 Å². The van der Waals surface area contributed by atoms with Gasteiger partial charge in [0.15, 0.2) is 18.1 Å². The Kier molecular flexibility index (Phi) is 5.18. The van der Waals surface area contributed by atoms with Crippen LogP contribution in [0, 0.1) is 5.82 Å². The number of halogens is 1. The zero-order valence-corrected chi connectivity index (χ0v) is 15.9. The second-order valence-corrected chi connectivity index (χ2v) is 7.32. The van der Waals surface area contributed by atoms with Gasteiger partial charge in [-0.15, -0.1) is 11.3 Å². The predicted octanol–water partition coefficient (Wildman–Crippen LogP) is 3.87. The van der Waals surface area contributed by atoms with Crippen LogP contribution >= 0.6 is 11.3 Å². The SMILES string of the molecule is O=C1CCc2cc(C(=O)COC(=O)c3csc(-c4ccc(F)cc4)n3)ccc2N1. The highest BCUT2D eigenvalue weighted by molar-refractivity contribution is 7.13. The number of aromatic nitrogens is 1. The molecule has 0 radical (unpaired) electrons. The number of ether oxygens (including phenoxy) is 1. The summed E-state index contributed by atoms with van der Waals surface area (Å²) < 4.78 is 18.1. The number of aryl methyl sites for hydroxylation is 1. The van der Waals surface area contributed by atoms with E-state index in [0.29, 0.717) is 34.7 Å². The van der Waals surface area contributed by atoms with Gasteiger partial charge < -0.3 is 10.1 Å². The van der Waals surface area contributed by atoms with Crippen molar-refractivity contribution < 1.29 is 23.5 Å². The molecule has 8 heteroatoms. The van der Waals surface area contributed by atoms with Gasteiger partial charge in [-0.25, -0.2) is 14.2 Å². The first kappa shape index (κ1) is 18.9. The monoisotopic (exact) mass is 410 g/mol. The number of hydrogen-bond acceptors (Lipinski definition) is 6. The Bertz CT molecular complexity index is 1110. The molecule has 29 heavy (non-hydrogen) atoms. The Morgan fingerprint density at radius 3 is 2.72 bits per heavy atom. The Balaban J connectivity index is 1.39. The fourth-order valence-electron chi connectivity index (χ4n) is 2.94. The zero-order valence-electron chi connectivity index (χ0n) is 15.1. The average Bonchev–Trinajstić information content (AvgIpc) is 3.22. The molecule has 0 spiro atoms. The van der Waals surface area contributed by atoms with E-state index in [4.69, 9.17) is 4.74 Å². The molecule has 1 N–H and O–H groups in total. The average molecular weight is 410 g/mol. The lowest BCUT2D eigenvalue weighted by molar-refractivity contribution is -0.116. The fourth-order valence-corrected chi connectivity index (χ4v) is 3.73. The summed E-state index contributed by atoms with van der Waals surface area (Å²) in [7, 11) is 0. The highest BCUT2D eigenvalue weighted by Gasteiger charge is 2.19. The molecule has 0 saturated carbocycles. The van der Waals surface area contributed by atoms with Crippen molar-refractivity contribution in [3.05, 3.63) is 70.5 Å². The lowest BCUT2D eigenvalue weighted by Crippen LogP contribution is -2.20. The summed E-state index contributed by atoms with van der Waals surface area (Å²) in [5.41, 5.74) is 2.77. The minimum absolute atomic E-state index is 0.0474. The maximum Gasteiger partial charge on any atom is 0.358 e. The van der Waals surface area contributed by atoms with Gasteiger partial charge in [-0.1, -0.05) is 0 Å². The largest absolute Gasteiger partial charge is 0.453 e. The summed E-state index contributed by atoms with van der Waals surface area (Å²) in [5, 5.41) is 4.84. The molecular weight excluding hydrogens is 395 g/mol. The predicted molar refractivity (Wildman–Crippen MR) is 106 cm³/mol. The zero-order chi connectivity index (χ0) is 20.4. The number of carbonyl (C=O) groups excluding carboxylic acids is 3. The van der Waals surface area contributed by atoms with Crippen LogP contribution in [0.3, 0.4) is 0 Å². The number of anilines is 1. The smallest absolute Gasteiger partial charge is 0.358 e. The number of benzene rings is 2. The molecule has 0 saturated heterocycles. The number of ketones is 1. The number of thiazole rings is 1. The third-order valence-electron chi connectivity index (χ3n) is 4.46. The molecule has 0 aliphatic carbocycles. The van der Waals surface area contributed by atoms with E-state index in [9.17, 15) is 18.8 Å². The van der Waals surface area contributed by atoms with Crippen molar-refractivity contribution in [3.8, 4) is 10.6 Å². The van der Waals surface area contributed by atoms with Gasteiger partial charge in [-0.3, -0.25) is 9.59 Å². The highest BCUT2D eigenvalue weighted by Crippen LogP contribution is 2.25. The van der Waals surface area contributed by atoms with Crippen LogP contribution in [0.4, 0.5) is 10.1 Å². The summed E-state index contributed by atoms with van der Waals surface area (Å²) in [6.45, 7) is -0.409. The number of nitrogens with one attached hydrogen (secondary N) is 1.